The third-order valence-electron chi connectivity index (χ3n) is 4.99. The van der Waals surface area contributed by atoms with Gasteiger partial charge in [-0.25, -0.2) is 0 Å². The normalized spacial score (nSPS) is 29.1. The molecule has 1 saturated carbocycles. The van der Waals surface area contributed by atoms with Crippen molar-refractivity contribution in [2.45, 2.75) is 64.5 Å². The van der Waals surface area contributed by atoms with Crippen LogP contribution >= 0.6 is 0 Å². The molecule has 2 aliphatic rings. The van der Waals surface area contributed by atoms with Gasteiger partial charge in [0.05, 0.1) is 6.04 Å². The minimum atomic E-state index is -0.216. The smallest absolute Gasteiger partial charge is 0.234 e. The first-order valence-corrected chi connectivity index (χ1v) is 8.34. The third kappa shape index (κ3) is 4.45. The van der Waals surface area contributed by atoms with Crippen molar-refractivity contribution < 1.29 is 4.79 Å². The highest BCUT2D eigenvalue weighted by Gasteiger charge is 2.31. The Balaban J connectivity index is 1.76. The van der Waals surface area contributed by atoms with Crippen molar-refractivity contribution in [3.05, 3.63) is 0 Å². The Kier molecular flexibility index (Phi) is 5.85. The Morgan fingerprint density at radius 3 is 2.60 bits per heavy atom. The summed E-state index contributed by atoms with van der Waals surface area (Å²) in [5, 5.41) is 3.27. The third-order valence-corrected chi connectivity index (χ3v) is 4.99. The van der Waals surface area contributed by atoms with E-state index < -0.39 is 0 Å². The Morgan fingerprint density at radius 1 is 1.25 bits per heavy atom. The number of primary amides is 1. The van der Waals surface area contributed by atoms with Gasteiger partial charge in [0.1, 0.15) is 0 Å². The highest BCUT2D eigenvalue weighted by molar-refractivity contribution is 5.79. The van der Waals surface area contributed by atoms with Crippen LogP contribution < -0.4 is 11.1 Å². The number of nitrogens with two attached hydrogens (primary N) is 1. The zero-order valence-electron chi connectivity index (χ0n) is 13.1. The molecule has 0 radical (unpaired) electrons. The van der Waals surface area contributed by atoms with E-state index in [1.807, 2.05) is 0 Å². The number of nitrogens with one attached hydrogen (secondary N) is 1. The van der Waals surface area contributed by atoms with E-state index in [0.29, 0.717) is 6.04 Å². The number of nitrogens with zero attached hydrogens (tertiary/aromatic N) is 1. The quantitative estimate of drug-likeness (QED) is 0.779. The number of amides is 1. The summed E-state index contributed by atoms with van der Waals surface area (Å²) in [5.41, 5.74) is 5.49. The average Bonchev–Trinajstić information content (AvgIpc) is 2.42. The van der Waals surface area contributed by atoms with Crippen molar-refractivity contribution >= 4 is 5.91 Å². The molecule has 20 heavy (non-hydrogen) atoms. The van der Waals surface area contributed by atoms with Crippen LogP contribution in [-0.2, 0) is 4.79 Å². The second-order valence-corrected chi connectivity index (χ2v) is 6.96. The lowest BCUT2D eigenvalue weighted by Crippen LogP contribution is -2.48. The molecule has 3 N–H and O–H groups in total. The van der Waals surface area contributed by atoms with Crippen LogP contribution in [0.25, 0.3) is 0 Å². The summed E-state index contributed by atoms with van der Waals surface area (Å²) < 4.78 is 0. The molecule has 2 fully saturated rings. The molecule has 4 heteroatoms. The van der Waals surface area contributed by atoms with E-state index in [1.54, 1.807) is 0 Å². The summed E-state index contributed by atoms with van der Waals surface area (Å²) >= 11 is 0. The summed E-state index contributed by atoms with van der Waals surface area (Å²) in [6, 6.07) is 0.121. The molecule has 0 aromatic rings. The fraction of sp³-hybridized carbons (Fsp3) is 0.938. The first kappa shape index (κ1) is 15.8. The summed E-state index contributed by atoms with van der Waals surface area (Å²) in [6.45, 7) is 7.55. The van der Waals surface area contributed by atoms with Gasteiger partial charge in [-0.2, -0.15) is 0 Å². The lowest BCUT2D eigenvalue weighted by atomic mass is 9.75. The van der Waals surface area contributed by atoms with Gasteiger partial charge in [-0.15, -0.1) is 0 Å². The molecule has 0 aromatic carbocycles. The van der Waals surface area contributed by atoms with Crippen molar-refractivity contribution in [2.75, 3.05) is 19.6 Å². The van der Waals surface area contributed by atoms with Gasteiger partial charge >= 0.3 is 0 Å². The summed E-state index contributed by atoms with van der Waals surface area (Å²) in [6.07, 6.45) is 7.88. The van der Waals surface area contributed by atoms with Crippen LogP contribution in [0.2, 0.25) is 0 Å². The molecule has 116 valence electrons. The van der Waals surface area contributed by atoms with Crippen molar-refractivity contribution in [3.8, 4) is 0 Å². The number of hydrogen-bond acceptors (Lipinski definition) is 3. The molecular formula is C16H31N3O. The van der Waals surface area contributed by atoms with Gasteiger partial charge in [-0.3, -0.25) is 4.79 Å². The van der Waals surface area contributed by atoms with E-state index in [1.165, 1.54) is 45.2 Å². The largest absolute Gasteiger partial charge is 0.368 e. The van der Waals surface area contributed by atoms with E-state index in [4.69, 9.17) is 5.73 Å². The molecule has 0 aromatic heterocycles. The Hall–Kier alpha value is -0.610. The molecule has 0 spiro atoms. The zero-order chi connectivity index (χ0) is 14.5. The number of fused-ring (bicyclic) bond motifs is 1. The Bertz CT molecular complexity index is 319. The summed E-state index contributed by atoms with van der Waals surface area (Å²) in [5.74, 6) is 1.66. The van der Waals surface area contributed by atoms with Crippen molar-refractivity contribution in [1.29, 1.82) is 0 Å². The van der Waals surface area contributed by atoms with E-state index >= 15 is 0 Å². The van der Waals surface area contributed by atoms with Crippen molar-refractivity contribution in [3.63, 3.8) is 0 Å². The molecule has 4 nitrogen and oxygen atoms in total. The predicted octanol–water partition coefficient (Wildman–Crippen LogP) is 1.74. The van der Waals surface area contributed by atoms with Gasteiger partial charge in [-0.05, 0) is 37.6 Å². The lowest BCUT2D eigenvalue weighted by molar-refractivity contribution is -0.120. The Morgan fingerprint density at radius 2 is 1.95 bits per heavy atom. The molecule has 1 aliphatic heterocycles. The van der Waals surface area contributed by atoms with E-state index in [-0.39, 0.29) is 11.9 Å². The molecule has 1 amide bonds. The second kappa shape index (κ2) is 7.41. The molecule has 1 saturated heterocycles. The first-order chi connectivity index (χ1) is 9.56. The van der Waals surface area contributed by atoms with Crippen molar-refractivity contribution in [2.24, 2.45) is 17.6 Å². The van der Waals surface area contributed by atoms with Crippen LogP contribution in [0.4, 0.5) is 0 Å². The number of rotatable bonds is 6. The fourth-order valence-electron chi connectivity index (χ4n) is 3.90. The van der Waals surface area contributed by atoms with Crippen LogP contribution in [0.15, 0.2) is 0 Å². The molecule has 3 unspecified atom stereocenters. The van der Waals surface area contributed by atoms with E-state index in [0.717, 1.165) is 24.8 Å². The average molecular weight is 281 g/mol. The summed E-state index contributed by atoms with van der Waals surface area (Å²) in [7, 11) is 0. The number of carbonyl (C=O) groups excluding carboxylic acids is 1. The van der Waals surface area contributed by atoms with Gasteiger partial charge in [0.25, 0.3) is 0 Å². The number of carbonyl (C=O) groups is 1. The van der Waals surface area contributed by atoms with E-state index in [2.05, 4.69) is 24.1 Å². The fourth-order valence-corrected chi connectivity index (χ4v) is 3.90. The minimum absolute atomic E-state index is 0.181. The zero-order valence-corrected chi connectivity index (χ0v) is 13.1. The monoisotopic (exact) mass is 281 g/mol. The summed E-state index contributed by atoms with van der Waals surface area (Å²) in [4.78, 5) is 14.0. The standard InChI is InChI=1S/C16H31N3O/c1-12(2)18-15(16(17)20)8-10-19-9-7-13-5-3-4-6-14(13)11-19/h12-15,18H,3-11H2,1-2H3,(H2,17,20). The minimum Gasteiger partial charge on any atom is -0.368 e. The molecule has 0 bridgehead atoms. The Labute approximate surface area is 123 Å². The van der Waals surface area contributed by atoms with Gasteiger partial charge in [-0.1, -0.05) is 33.1 Å². The van der Waals surface area contributed by atoms with Gasteiger partial charge in [0.2, 0.25) is 5.91 Å². The van der Waals surface area contributed by atoms with Crippen molar-refractivity contribution in [1.82, 2.24) is 10.2 Å². The van der Waals surface area contributed by atoms with Gasteiger partial charge in [0.15, 0.2) is 0 Å². The number of hydrogen-bond donors (Lipinski definition) is 2. The maximum Gasteiger partial charge on any atom is 0.234 e. The van der Waals surface area contributed by atoms with Gasteiger partial charge in [0, 0.05) is 19.1 Å². The van der Waals surface area contributed by atoms with Crippen LogP contribution in [0, 0.1) is 11.8 Å². The molecule has 1 heterocycles. The molecule has 1 aliphatic carbocycles. The van der Waals surface area contributed by atoms with Crippen LogP contribution in [0.1, 0.15) is 52.4 Å². The van der Waals surface area contributed by atoms with E-state index in [9.17, 15) is 4.79 Å². The maximum absolute atomic E-state index is 11.5. The number of piperidine rings is 1. The number of likely N-dealkylation sites (tertiary alicyclic amines) is 1. The maximum atomic E-state index is 11.5. The highest BCUT2D eigenvalue weighted by Crippen LogP contribution is 2.35. The van der Waals surface area contributed by atoms with Crippen LogP contribution in [0.3, 0.4) is 0 Å². The first-order valence-electron chi connectivity index (χ1n) is 8.34. The second-order valence-electron chi connectivity index (χ2n) is 6.96. The lowest BCUT2D eigenvalue weighted by Gasteiger charge is -2.41. The molecular weight excluding hydrogens is 250 g/mol. The van der Waals surface area contributed by atoms with Crippen LogP contribution in [-0.4, -0.2) is 42.5 Å². The predicted molar refractivity (Wildman–Crippen MR) is 82.4 cm³/mol. The highest BCUT2D eigenvalue weighted by atomic mass is 16.1. The van der Waals surface area contributed by atoms with Gasteiger partial charge < -0.3 is 16.0 Å². The molecule has 3 atom stereocenters. The topological polar surface area (TPSA) is 58.4 Å². The molecule has 2 rings (SSSR count). The van der Waals surface area contributed by atoms with Crippen LogP contribution in [0.5, 0.6) is 0 Å². The SMILES string of the molecule is CC(C)NC(CCN1CCC2CCCCC2C1)C(N)=O.